The van der Waals surface area contributed by atoms with Gasteiger partial charge in [-0.25, -0.2) is 9.82 Å². The van der Waals surface area contributed by atoms with Crippen LogP contribution in [-0.2, 0) is 19.1 Å². The number of fused-ring (bicyclic) bond motifs is 5. The second-order valence-corrected chi connectivity index (χ2v) is 11.5. The van der Waals surface area contributed by atoms with Crippen molar-refractivity contribution < 1.29 is 38.8 Å². The molecule has 4 aliphatic carbocycles. The summed E-state index contributed by atoms with van der Waals surface area (Å²) in [5.74, 6) is -2.48. The number of ether oxygens (including phenoxy) is 2. The van der Waals surface area contributed by atoms with Crippen molar-refractivity contribution in [3.8, 4) is 0 Å². The zero-order valence-electron chi connectivity index (χ0n) is 22.0. The summed E-state index contributed by atoms with van der Waals surface area (Å²) in [6.45, 7) is 5.00. The van der Waals surface area contributed by atoms with Crippen LogP contribution in [0.1, 0.15) is 46.5 Å². The van der Waals surface area contributed by atoms with Gasteiger partial charge in [-0.1, -0.05) is 25.5 Å². The molecule has 0 radical (unpaired) electrons. The summed E-state index contributed by atoms with van der Waals surface area (Å²) in [5, 5.41) is 36.7. The zero-order valence-corrected chi connectivity index (χ0v) is 22.0. The highest BCUT2D eigenvalue weighted by Crippen LogP contribution is 2.70. The Kier molecular flexibility index (Phi) is 7.55. The molecule has 10 heteroatoms. The van der Waals surface area contributed by atoms with E-state index in [0.717, 1.165) is 5.57 Å². The van der Waals surface area contributed by atoms with Crippen molar-refractivity contribution in [2.45, 2.75) is 63.8 Å². The molecule has 4 rings (SSSR count). The standard InChI is InChI=1S/C27H39FN2O7/c1-16-11-20-19-6-5-17-12-18(29-30-23(34)15-37-10-9-36-4)7-8-24(17,2)26(19,28)21(32)13-25(20,3)27(16,35)22(33)14-31/h7-8,12,16,19-21,31-32,35H,5-6,9-11,13-15H2,1-4H3,(H,30,34)/b29-18+/t16-,19+,20+,21+,24+,25+,26+,27+/m1/s1. The lowest BCUT2D eigenvalue weighted by Crippen LogP contribution is -2.69. The highest BCUT2D eigenvalue weighted by atomic mass is 19.1. The van der Waals surface area contributed by atoms with Crippen molar-refractivity contribution in [1.29, 1.82) is 0 Å². The Morgan fingerprint density at radius 3 is 2.68 bits per heavy atom. The third-order valence-corrected chi connectivity index (χ3v) is 9.78. The molecule has 9 nitrogen and oxygen atoms in total. The van der Waals surface area contributed by atoms with E-state index in [0.29, 0.717) is 31.6 Å². The number of carbonyl (C=O) groups is 2. The fraction of sp³-hybridized carbons (Fsp3) is 0.741. The maximum atomic E-state index is 17.4. The summed E-state index contributed by atoms with van der Waals surface area (Å²) in [7, 11) is 1.54. The van der Waals surface area contributed by atoms with Crippen molar-refractivity contribution in [3.05, 3.63) is 23.8 Å². The van der Waals surface area contributed by atoms with Gasteiger partial charge in [0.15, 0.2) is 11.5 Å². The molecule has 4 N–H and O–H groups in total. The molecule has 4 aliphatic rings. The third kappa shape index (κ3) is 4.03. The minimum absolute atomic E-state index is 0.0893. The van der Waals surface area contributed by atoms with Crippen LogP contribution in [0.15, 0.2) is 28.9 Å². The highest BCUT2D eigenvalue weighted by Gasteiger charge is 2.75. The van der Waals surface area contributed by atoms with Gasteiger partial charge in [0.25, 0.3) is 5.91 Å². The van der Waals surface area contributed by atoms with Crippen molar-refractivity contribution >= 4 is 17.4 Å². The molecule has 37 heavy (non-hydrogen) atoms. The summed E-state index contributed by atoms with van der Waals surface area (Å²) in [5.41, 5.74) is -2.33. The second-order valence-electron chi connectivity index (χ2n) is 11.5. The Labute approximate surface area is 216 Å². The number of carbonyl (C=O) groups excluding carboxylic acids is 2. The number of halogens is 1. The number of hydrogen-bond donors (Lipinski definition) is 4. The number of aliphatic hydroxyl groups is 3. The molecule has 1 amide bonds. The third-order valence-electron chi connectivity index (χ3n) is 9.78. The lowest BCUT2D eigenvalue weighted by atomic mass is 9.44. The van der Waals surface area contributed by atoms with E-state index in [4.69, 9.17) is 9.47 Å². The fourth-order valence-corrected chi connectivity index (χ4v) is 7.81. The SMILES string of the molecule is COCCOCC(=O)N/N=C1\C=C[C@@]2(C)C(=C1)CC[C@H]1[C@@H]3C[C@@H](C)[C@](O)(C(=O)CO)[C@@]3(C)C[C@H](O)[C@@]12F. The predicted octanol–water partition coefficient (Wildman–Crippen LogP) is 1.46. The van der Waals surface area contributed by atoms with E-state index in [1.54, 1.807) is 46.1 Å². The van der Waals surface area contributed by atoms with E-state index in [1.165, 1.54) is 0 Å². The van der Waals surface area contributed by atoms with E-state index >= 15 is 4.39 Å². The first-order valence-corrected chi connectivity index (χ1v) is 13.0. The molecule has 0 saturated heterocycles. The molecule has 206 valence electrons. The van der Waals surface area contributed by atoms with E-state index in [1.807, 2.05) is 0 Å². The topological polar surface area (TPSA) is 138 Å². The minimum Gasteiger partial charge on any atom is -0.390 e. The molecule has 0 bridgehead atoms. The van der Waals surface area contributed by atoms with Crippen LogP contribution in [0.3, 0.4) is 0 Å². The maximum Gasteiger partial charge on any atom is 0.266 e. The normalized spacial score (nSPS) is 43.6. The number of nitrogens with zero attached hydrogens (tertiary/aromatic N) is 1. The summed E-state index contributed by atoms with van der Waals surface area (Å²) in [6, 6.07) is 0. The van der Waals surface area contributed by atoms with Crippen LogP contribution < -0.4 is 5.43 Å². The molecule has 0 aliphatic heterocycles. The second kappa shape index (κ2) is 9.96. The molecule has 0 spiro atoms. The van der Waals surface area contributed by atoms with Crippen molar-refractivity contribution in [2.75, 3.05) is 33.5 Å². The number of hydrogen-bond acceptors (Lipinski definition) is 8. The number of rotatable bonds is 8. The number of alkyl halides is 1. The average molecular weight is 523 g/mol. The Morgan fingerprint density at radius 1 is 1.27 bits per heavy atom. The van der Waals surface area contributed by atoms with Crippen LogP contribution in [0.25, 0.3) is 0 Å². The Morgan fingerprint density at radius 2 is 2.00 bits per heavy atom. The lowest BCUT2D eigenvalue weighted by molar-refractivity contribution is -0.219. The van der Waals surface area contributed by atoms with Gasteiger partial charge in [-0.05, 0) is 56.6 Å². The quantitative estimate of drug-likeness (QED) is 0.280. The van der Waals surface area contributed by atoms with Gasteiger partial charge in [-0.2, -0.15) is 5.10 Å². The number of allylic oxidation sites excluding steroid dienone is 4. The number of nitrogens with one attached hydrogen (secondary N) is 1. The monoisotopic (exact) mass is 522 g/mol. The maximum absolute atomic E-state index is 17.4. The number of methoxy groups -OCH3 is 1. The van der Waals surface area contributed by atoms with Gasteiger partial charge in [0.2, 0.25) is 0 Å². The van der Waals surface area contributed by atoms with E-state index in [2.05, 4.69) is 10.5 Å². The summed E-state index contributed by atoms with van der Waals surface area (Å²) in [6.07, 6.45) is 5.01. The van der Waals surface area contributed by atoms with Crippen LogP contribution in [-0.4, -0.2) is 83.6 Å². The number of ketones is 1. The van der Waals surface area contributed by atoms with Gasteiger partial charge >= 0.3 is 0 Å². The molecule has 0 aromatic carbocycles. The number of amides is 1. The Bertz CT molecular complexity index is 1030. The van der Waals surface area contributed by atoms with Gasteiger partial charge in [0.1, 0.15) is 18.8 Å². The molecule has 0 aromatic rings. The highest BCUT2D eigenvalue weighted by molar-refractivity contribution is 6.06. The van der Waals surface area contributed by atoms with E-state index < -0.39 is 58.3 Å². The Balaban J connectivity index is 1.58. The first kappa shape index (κ1) is 28.0. The van der Waals surface area contributed by atoms with Gasteiger partial charge in [-0.3, -0.25) is 9.59 Å². The molecule has 8 atom stereocenters. The smallest absolute Gasteiger partial charge is 0.266 e. The molecule has 0 unspecified atom stereocenters. The van der Waals surface area contributed by atoms with Crippen molar-refractivity contribution in [3.63, 3.8) is 0 Å². The van der Waals surface area contributed by atoms with Gasteiger partial charge < -0.3 is 24.8 Å². The van der Waals surface area contributed by atoms with Gasteiger partial charge in [0.05, 0.1) is 25.0 Å². The van der Waals surface area contributed by atoms with Crippen molar-refractivity contribution in [1.82, 2.24) is 5.43 Å². The van der Waals surface area contributed by atoms with Crippen LogP contribution in [0.5, 0.6) is 0 Å². The van der Waals surface area contributed by atoms with Crippen LogP contribution in [0.4, 0.5) is 4.39 Å². The Hall–Kier alpha value is -1.98. The molecule has 0 heterocycles. The van der Waals surface area contributed by atoms with E-state index in [9.17, 15) is 24.9 Å². The van der Waals surface area contributed by atoms with Crippen molar-refractivity contribution in [2.24, 2.45) is 33.7 Å². The lowest BCUT2D eigenvalue weighted by Gasteiger charge is -2.62. The first-order chi connectivity index (χ1) is 17.4. The van der Waals surface area contributed by atoms with Gasteiger partial charge in [0, 0.05) is 23.9 Å². The molecular weight excluding hydrogens is 483 g/mol. The molecule has 3 fully saturated rings. The summed E-state index contributed by atoms with van der Waals surface area (Å²) in [4.78, 5) is 24.7. The number of aliphatic hydroxyl groups excluding tert-OH is 2. The molecular formula is C27H39FN2O7. The van der Waals surface area contributed by atoms with Crippen LogP contribution in [0, 0.1) is 28.6 Å². The average Bonchev–Trinajstić information content (AvgIpc) is 3.07. The minimum atomic E-state index is -2.02. The van der Waals surface area contributed by atoms with E-state index in [-0.39, 0.29) is 25.6 Å². The fourth-order valence-electron chi connectivity index (χ4n) is 7.81. The molecule has 0 aromatic heterocycles. The number of Topliss-reactive ketones (excluding diaryl/α,β-unsaturated/α-hetero) is 1. The summed E-state index contributed by atoms with van der Waals surface area (Å²) < 4.78 is 27.4. The predicted molar refractivity (Wildman–Crippen MR) is 133 cm³/mol. The van der Waals surface area contributed by atoms with Crippen LogP contribution >= 0.6 is 0 Å². The first-order valence-electron chi connectivity index (χ1n) is 13.0. The van der Waals surface area contributed by atoms with Gasteiger partial charge in [-0.15, -0.1) is 0 Å². The largest absolute Gasteiger partial charge is 0.390 e. The zero-order chi connectivity index (χ0) is 27.2. The molecule has 3 saturated carbocycles. The number of hydrazone groups is 1. The summed E-state index contributed by atoms with van der Waals surface area (Å²) >= 11 is 0. The van der Waals surface area contributed by atoms with Crippen LogP contribution in [0.2, 0.25) is 0 Å².